The van der Waals surface area contributed by atoms with Gasteiger partial charge in [-0.25, -0.2) is 4.98 Å². The van der Waals surface area contributed by atoms with Crippen LogP contribution in [-0.2, 0) is 13.1 Å². The van der Waals surface area contributed by atoms with Crippen LogP contribution >= 0.6 is 0 Å². The van der Waals surface area contributed by atoms with Gasteiger partial charge in [-0.1, -0.05) is 6.07 Å². The Bertz CT molecular complexity index is 710. The van der Waals surface area contributed by atoms with Gasteiger partial charge < -0.3 is 9.72 Å². The highest BCUT2D eigenvalue weighted by molar-refractivity contribution is 5.42. The summed E-state index contributed by atoms with van der Waals surface area (Å²) in [6, 6.07) is 5.67. The van der Waals surface area contributed by atoms with E-state index in [1.807, 2.05) is 35.0 Å². The molecule has 21 heavy (non-hydrogen) atoms. The second kappa shape index (κ2) is 5.12. The van der Waals surface area contributed by atoms with Gasteiger partial charge in [-0.05, 0) is 12.1 Å². The lowest BCUT2D eigenvalue weighted by Gasteiger charge is -2.05. The van der Waals surface area contributed by atoms with Crippen molar-refractivity contribution in [1.29, 1.82) is 0 Å². The summed E-state index contributed by atoms with van der Waals surface area (Å²) in [6.07, 6.45) is 2.16. The zero-order valence-electron chi connectivity index (χ0n) is 10.9. The summed E-state index contributed by atoms with van der Waals surface area (Å²) in [5, 5.41) is 6.67. The second-order valence-electron chi connectivity index (χ2n) is 4.59. The Balaban J connectivity index is 1.64. The molecule has 0 unspecified atom stereocenters. The van der Waals surface area contributed by atoms with Crippen LogP contribution in [-0.4, -0.2) is 25.3 Å². The molecule has 0 fully saturated rings. The largest absolute Gasteiger partial charge is 0.408 e. The van der Waals surface area contributed by atoms with E-state index in [1.54, 1.807) is 0 Å². The molecule has 0 saturated heterocycles. The lowest BCUT2D eigenvalue weighted by Crippen LogP contribution is -2.17. The molecule has 110 valence electrons. The normalized spacial score (nSPS) is 12.0. The minimum absolute atomic E-state index is 0.416. The molecule has 0 aliphatic carbocycles. The van der Waals surface area contributed by atoms with Crippen molar-refractivity contribution in [1.82, 2.24) is 19.2 Å². The molecule has 1 N–H and O–H groups in total. The Kier molecular flexibility index (Phi) is 3.28. The molecule has 5 nitrogen and oxygen atoms in total. The Morgan fingerprint density at radius 1 is 1.19 bits per heavy atom. The molecule has 3 aromatic heterocycles. The van der Waals surface area contributed by atoms with Crippen LogP contribution in [0.25, 0.3) is 5.65 Å². The summed E-state index contributed by atoms with van der Waals surface area (Å²) < 4.78 is 39.4. The third-order valence-electron chi connectivity index (χ3n) is 2.86. The summed E-state index contributed by atoms with van der Waals surface area (Å²) in [5.74, 6) is 0. The van der Waals surface area contributed by atoms with Crippen LogP contribution in [0.3, 0.4) is 0 Å². The van der Waals surface area contributed by atoms with Crippen LogP contribution in [0.2, 0.25) is 0 Å². The van der Waals surface area contributed by atoms with Gasteiger partial charge in [-0.2, -0.15) is 18.3 Å². The Labute approximate surface area is 118 Å². The SMILES string of the molecule is FC(F)(F)Cn1cc(NCc2cn3ccccc3n2)cn1. The third kappa shape index (κ3) is 3.33. The zero-order valence-corrected chi connectivity index (χ0v) is 10.9. The first-order chi connectivity index (χ1) is 9.99. The van der Waals surface area contributed by atoms with Crippen LogP contribution in [0.1, 0.15) is 5.69 Å². The number of imidazole rings is 1. The number of anilines is 1. The zero-order chi connectivity index (χ0) is 14.9. The van der Waals surface area contributed by atoms with E-state index in [-0.39, 0.29) is 0 Å². The topological polar surface area (TPSA) is 47.2 Å². The number of halogens is 3. The molecule has 0 atom stereocenters. The van der Waals surface area contributed by atoms with Crippen molar-refractivity contribution in [3.05, 3.63) is 48.7 Å². The van der Waals surface area contributed by atoms with Gasteiger partial charge in [0.2, 0.25) is 0 Å². The second-order valence-corrected chi connectivity index (χ2v) is 4.59. The first-order valence-corrected chi connectivity index (χ1v) is 6.25. The standard InChI is InChI=1S/C13H12F3N5/c14-13(15,16)9-21-8-10(6-18-21)17-5-11-7-20-4-2-1-3-12(20)19-11/h1-4,6-8,17H,5,9H2. The molecule has 3 rings (SSSR count). The predicted molar refractivity (Wildman–Crippen MR) is 70.8 cm³/mol. The number of hydrogen-bond acceptors (Lipinski definition) is 3. The quantitative estimate of drug-likeness (QED) is 0.805. The number of rotatable bonds is 4. The molecule has 3 aromatic rings. The molecule has 0 amide bonds. The van der Waals surface area contributed by atoms with E-state index in [2.05, 4.69) is 15.4 Å². The fourth-order valence-corrected chi connectivity index (χ4v) is 1.99. The van der Waals surface area contributed by atoms with Gasteiger partial charge in [0.15, 0.2) is 0 Å². The molecule has 0 spiro atoms. The molecule has 0 aromatic carbocycles. The van der Waals surface area contributed by atoms with E-state index in [0.29, 0.717) is 12.2 Å². The van der Waals surface area contributed by atoms with Gasteiger partial charge in [0.25, 0.3) is 0 Å². The number of nitrogens with zero attached hydrogens (tertiary/aromatic N) is 4. The van der Waals surface area contributed by atoms with Gasteiger partial charge in [-0.15, -0.1) is 0 Å². The van der Waals surface area contributed by atoms with E-state index in [9.17, 15) is 13.2 Å². The fourth-order valence-electron chi connectivity index (χ4n) is 1.99. The molecule has 0 radical (unpaired) electrons. The van der Waals surface area contributed by atoms with Crippen molar-refractivity contribution >= 4 is 11.3 Å². The van der Waals surface area contributed by atoms with Gasteiger partial charge in [0.1, 0.15) is 12.2 Å². The predicted octanol–water partition coefficient (Wildman–Crippen LogP) is 2.71. The van der Waals surface area contributed by atoms with Crippen molar-refractivity contribution in [3.8, 4) is 0 Å². The van der Waals surface area contributed by atoms with Gasteiger partial charge in [-0.3, -0.25) is 4.68 Å². The number of pyridine rings is 1. The van der Waals surface area contributed by atoms with Gasteiger partial charge in [0.05, 0.1) is 24.1 Å². The van der Waals surface area contributed by atoms with E-state index < -0.39 is 12.7 Å². The summed E-state index contributed by atoms with van der Waals surface area (Å²) in [7, 11) is 0. The van der Waals surface area contributed by atoms with Crippen LogP contribution in [0.15, 0.2) is 43.0 Å². The molecule has 0 bridgehead atoms. The first-order valence-electron chi connectivity index (χ1n) is 6.25. The van der Waals surface area contributed by atoms with E-state index in [4.69, 9.17) is 0 Å². The highest BCUT2D eigenvalue weighted by Crippen LogP contribution is 2.18. The van der Waals surface area contributed by atoms with Crippen molar-refractivity contribution in [2.75, 3.05) is 5.32 Å². The lowest BCUT2D eigenvalue weighted by molar-refractivity contribution is -0.142. The highest BCUT2D eigenvalue weighted by Gasteiger charge is 2.28. The minimum atomic E-state index is -4.27. The number of hydrogen-bond donors (Lipinski definition) is 1. The smallest absolute Gasteiger partial charge is 0.377 e. The van der Waals surface area contributed by atoms with E-state index >= 15 is 0 Å². The number of aromatic nitrogens is 4. The lowest BCUT2D eigenvalue weighted by atomic mass is 10.4. The van der Waals surface area contributed by atoms with Crippen LogP contribution < -0.4 is 5.32 Å². The Hall–Kier alpha value is -2.51. The minimum Gasteiger partial charge on any atom is -0.377 e. The summed E-state index contributed by atoms with van der Waals surface area (Å²) in [5.41, 5.74) is 2.14. The molecule has 0 aliphatic heterocycles. The average Bonchev–Trinajstić information content (AvgIpc) is 3.00. The maximum Gasteiger partial charge on any atom is 0.408 e. The van der Waals surface area contributed by atoms with Crippen molar-refractivity contribution < 1.29 is 13.2 Å². The summed E-state index contributed by atoms with van der Waals surface area (Å²) in [4.78, 5) is 4.39. The number of nitrogens with one attached hydrogen (secondary N) is 1. The Morgan fingerprint density at radius 3 is 2.81 bits per heavy atom. The van der Waals surface area contributed by atoms with E-state index in [0.717, 1.165) is 16.0 Å². The first kappa shape index (κ1) is 13.5. The highest BCUT2D eigenvalue weighted by atomic mass is 19.4. The van der Waals surface area contributed by atoms with Crippen LogP contribution in [0.5, 0.6) is 0 Å². The number of fused-ring (bicyclic) bond motifs is 1. The Morgan fingerprint density at radius 2 is 2.05 bits per heavy atom. The summed E-state index contributed by atoms with van der Waals surface area (Å²) >= 11 is 0. The van der Waals surface area contributed by atoms with Crippen LogP contribution in [0.4, 0.5) is 18.9 Å². The molecule has 0 aliphatic rings. The maximum atomic E-state index is 12.2. The average molecular weight is 295 g/mol. The fraction of sp³-hybridized carbons (Fsp3) is 0.231. The third-order valence-corrected chi connectivity index (χ3v) is 2.86. The maximum absolute atomic E-state index is 12.2. The molecule has 8 heteroatoms. The van der Waals surface area contributed by atoms with Gasteiger partial charge >= 0.3 is 6.18 Å². The molecular formula is C13H12F3N5. The molecule has 0 saturated carbocycles. The van der Waals surface area contributed by atoms with Crippen molar-refractivity contribution in [2.45, 2.75) is 19.3 Å². The van der Waals surface area contributed by atoms with Crippen LogP contribution in [0, 0.1) is 0 Å². The van der Waals surface area contributed by atoms with Gasteiger partial charge in [0, 0.05) is 18.6 Å². The molecule has 3 heterocycles. The summed E-state index contributed by atoms with van der Waals surface area (Å²) in [6.45, 7) is -0.678. The van der Waals surface area contributed by atoms with Crippen molar-refractivity contribution in [2.24, 2.45) is 0 Å². The number of alkyl halides is 3. The molecular weight excluding hydrogens is 283 g/mol. The van der Waals surface area contributed by atoms with E-state index in [1.165, 1.54) is 12.4 Å². The monoisotopic (exact) mass is 295 g/mol. The van der Waals surface area contributed by atoms with Crippen molar-refractivity contribution in [3.63, 3.8) is 0 Å².